The van der Waals surface area contributed by atoms with Gasteiger partial charge in [-0.15, -0.1) is 0 Å². The highest BCUT2D eigenvalue weighted by Gasteiger charge is 2.20. The van der Waals surface area contributed by atoms with Gasteiger partial charge >= 0.3 is 0 Å². The number of nitrogens with one attached hydrogen (secondary N) is 4. The fourth-order valence-corrected chi connectivity index (χ4v) is 1.57. The third kappa shape index (κ3) is 11.4. The summed E-state index contributed by atoms with van der Waals surface area (Å²) in [6.07, 6.45) is 0. The molecular formula is C16H33N5O2. The first-order chi connectivity index (χ1) is 10.5. The van der Waals surface area contributed by atoms with Gasteiger partial charge in [-0.1, -0.05) is 20.8 Å². The molecule has 2 amide bonds. The van der Waals surface area contributed by atoms with Crippen LogP contribution in [0, 0.1) is 5.41 Å². The molecule has 0 saturated carbocycles. The minimum absolute atomic E-state index is 0.00537. The summed E-state index contributed by atoms with van der Waals surface area (Å²) >= 11 is 0. The van der Waals surface area contributed by atoms with Gasteiger partial charge in [-0.3, -0.25) is 9.59 Å². The van der Waals surface area contributed by atoms with E-state index in [1.54, 1.807) is 0 Å². The van der Waals surface area contributed by atoms with Crippen LogP contribution in [-0.4, -0.2) is 49.5 Å². The third-order valence-corrected chi connectivity index (χ3v) is 2.62. The van der Waals surface area contributed by atoms with Crippen LogP contribution in [0.5, 0.6) is 0 Å². The molecule has 0 aromatic heterocycles. The van der Waals surface area contributed by atoms with Crippen LogP contribution < -0.4 is 21.3 Å². The summed E-state index contributed by atoms with van der Waals surface area (Å²) in [5.74, 6) is 0.433. The Hall–Kier alpha value is -1.79. The van der Waals surface area contributed by atoms with Crippen LogP contribution in [0.3, 0.4) is 0 Å². The molecule has 0 aliphatic carbocycles. The number of hydrogen-bond acceptors (Lipinski definition) is 3. The Morgan fingerprint density at radius 3 is 1.96 bits per heavy atom. The quantitative estimate of drug-likeness (QED) is 0.327. The van der Waals surface area contributed by atoms with Crippen molar-refractivity contribution < 1.29 is 9.59 Å². The molecule has 0 atom stereocenters. The highest BCUT2D eigenvalue weighted by molar-refractivity contribution is 5.85. The van der Waals surface area contributed by atoms with Gasteiger partial charge in [-0.2, -0.15) is 0 Å². The Labute approximate surface area is 140 Å². The average molecular weight is 327 g/mol. The molecule has 0 aliphatic rings. The zero-order valence-corrected chi connectivity index (χ0v) is 15.6. The van der Waals surface area contributed by atoms with Crippen molar-refractivity contribution >= 4 is 17.8 Å². The SMILES string of the molecule is CCNC(=NCC(=O)NC(C)(C)C)NCCNC(=O)C(C)(C)C. The van der Waals surface area contributed by atoms with Crippen molar-refractivity contribution in [3.05, 3.63) is 0 Å². The zero-order valence-electron chi connectivity index (χ0n) is 15.6. The summed E-state index contributed by atoms with van der Waals surface area (Å²) in [6.45, 7) is 15.1. The van der Waals surface area contributed by atoms with E-state index in [9.17, 15) is 9.59 Å². The summed E-state index contributed by atoms with van der Waals surface area (Å²) in [7, 11) is 0. The second-order valence-corrected chi connectivity index (χ2v) is 7.43. The van der Waals surface area contributed by atoms with Crippen LogP contribution >= 0.6 is 0 Å². The minimum Gasteiger partial charge on any atom is -0.357 e. The number of rotatable bonds is 6. The number of aliphatic imine (C=N–C) groups is 1. The van der Waals surface area contributed by atoms with Gasteiger partial charge in [0.05, 0.1) is 0 Å². The lowest BCUT2D eigenvalue weighted by atomic mass is 9.96. The molecule has 0 spiro atoms. The summed E-state index contributed by atoms with van der Waals surface area (Å²) in [4.78, 5) is 27.7. The van der Waals surface area contributed by atoms with Gasteiger partial charge in [-0.25, -0.2) is 4.99 Å². The first-order valence-corrected chi connectivity index (χ1v) is 8.07. The number of amides is 2. The van der Waals surface area contributed by atoms with Crippen molar-refractivity contribution in [3.63, 3.8) is 0 Å². The van der Waals surface area contributed by atoms with E-state index in [4.69, 9.17) is 0 Å². The smallest absolute Gasteiger partial charge is 0.242 e. The largest absolute Gasteiger partial charge is 0.357 e. The van der Waals surface area contributed by atoms with E-state index in [2.05, 4.69) is 26.3 Å². The van der Waals surface area contributed by atoms with E-state index in [1.165, 1.54) is 0 Å². The average Bonchev–Trinajstić information content (AvgIpc) is 2.37. The van der Waals surface area contributed by atoms with E-state index >= 15 is 0 Å². The molecule has 0 aromatic rings. The van der Waals surface area contributed by atoms with Crippen LogP contribution in [-0.2, 0) is 9.59 Å². The minimum atomic E-state index is -0.399. The molecule has 0 saturated heterocycles. The molecular weight excluding hydrogens is 294 g/mol. The zero-order chi connectivity index (χ0) is 18.1. The van der Waals surface area contributed by atoms with Crippen molar-refractivity contribution in [3.8, 4) is 0 Å². The third-order valence-electron chi connectivity index (χ3n) is 2.62. The van der Waals surface area contributed by atoms with E-state index in [0.717, 1.165) is 0 Å². The molecule has 0 rings (SSSR count). The molecule has 134 valence electrons. The maximum Gasteiger partial charge on any atom is 0.242 e. The molecule has 7 heteroatoms. The van der Waals surface area contributed by atoms with Crippen LogP contribution in [0.4, 0.5) is 0 Å². The van der Waals surface area contributed by atoms with Crippen LogP contribution in [0.25, 0.3) is 0 Å². The Balaban J connectivity index is 4.28. The van der Waals surface area contributed by atoms with Gasteiger partial charge in [0.1, 0.15) is 6.54 Å². The number of nitrogens with zero attached hydrogens (tertiary/aromatic N) is 1. The second kappa shape index (κ2) is 9.37. The molecule has 4 N–H and O–H groups in total. The highest BCUT2D eigenvalue weighted by Crippen LogP contribution is 2.11. The summed E-state index contributed by atoms with van der Waals surface area (Å²) in [5.41, 5.74) is -0.667. The van der Waals surface area contributed by atoms with E-state index in [1.807, 2.05) is 48.5 Å². The molecule has 0 aromatic carbocycles. The molecule has 0 heterocycles. The topological polar surface area (TPSA) is 94.6 Å². The standard InChI is InChI=1S/C16H33N5O2/c1-8-17-14(20-11-12(22)21-16(5,6)7)19-10-9-18-13(23)15(2,3)4/h8-11H2,1-7H3,(H,18,23)(H,21,22)(H2,17,19,20). The Kier molecular flexibility index (Phi) is 8.64. The molecule has 0 radical (unpaired) electrons. The maximum absolute atomic E-state index is 11.8. The van der Waals surface area contributed by atoms with Gasteiger partial charge in [0.2, 0.25) is 11.8 Å². The first kappa shape index (κ1) is 21.2. The molecule has 23 heavy (non-hydrogen) atoms. The van der Waals surface area contributed by atoms with Crippen molar-refractivity contribution in [1.29, 1.82) is 0 Å². The van der Waals surface area contributed by atoms with Crippen molar-refractivity contribution in [2.75, 3.05) is 26.2 Å². The Bertz CT molecular complexity index is 419. The highest BCUT2D eigenvalue weighted by atomic mass is 16.2. The van der Waals surface area contributed by atoms with Gasteiger partial charge < -0.3 is 21.3 Å². The van der Waals surface area contributed by atoms with Gasteiger partial charge in [-0.05, 0) is 27.7 Å². The fraction of sp³-hybridized carbons (Fsp3) is 0.812. The summed E-state index contributed by atoms with van der Waals surface area (Å²) < 4.78 is 0. The molecule has 7 nitrogen and oxygen atoms in total. The lowest BCUT2D eigenvalue weighted by Crippen LogP contribution is -2.45. The maximum atomic E-state index is 11.8. The normalized spacial score (nSPS) is 12.6. The van der Waals surface area contributed by atoms with Crippen molar-refractivity contribution in [2.24, 2.45) is 10.4 Å². The van der Waals surface area contributed by atoms with E-state index in [0.29, 0.717) is 25.6 Å². The Morgan fingerprint density at radius 2 is 1.48 bits per heavy atom. The monoisotopic (exact) mass is 327 g/mol. The number of carbonyl (C=O) groups is 2. The lowest BCUT2D eigenvalue weighted by Gasteiger charge is -2.20. The predicted octanol–water partition coefficient (Wildman–Crippen LogP) is 0.619. The first-order valence-electron chi connectivity index (χ1n) is 8.07. The van der Waals surface area contributed by atoms with Gasteiger partial charge in [0.25, 0.3) is 0 Å². The second-order valence-electron chi connectivity index (χ2n) is 7.43. The van der Waals surface area contributed by atoms with Crippen LogP contribution in [0.1, 0.15) is 48.5 Å². The lowest BCUT2D eigenvalue weighted by molar-refractivity contribution is -0.128. The van der Waals surface area contributed by atoms with E-state index < -0.39 is 5.41 Å². The molecule has 0 fully saturated rings. The van der Waals surface area contributed by atoms with Crippen molar-refractivity contribution in [1.82, 2.24) is 21.3 Å². The fourth-order valence-electron chi connectivity index (χ4n) is 1.57. The number of carbonyl (C=O) groups excluding carboxylic acids is 2. The van der Waals surface area contributed by atoms with E-state index in [-0.39, 0.29) is 23.9 Å². The molecule has 0 unspecified atom stereocenters. The number of guanidine groups is 1. The van der Waals surface area contributed by atoms with Crippen LogP contribution in [0.15, 0.2) is 4.99 Å². The summed E-state index contributed by atoms with van der Waals surface area (Å²) in [6, 6.07) is 0. The predicted molar refractivity (Wildman–Crippen MR) is 94.3 cm³/mol. The van der Waals surface area contributed by atoms with Crippen molar-refractivity contribution in [2.45, 2.75) is 54.0 Å². The summed E-state index contributed by atoms with van der Waals surface area (Å²) in [5, 5.41) is 11.9. The van der Waals surface area contributed by atoms with Gasteiger partial charge in [0.15, 0.2) is 5.96 Å². The Morgan fingerprint density at radius 1 is 0.913 bits per heavy atom. The molecule has 0 bridgehead atoms. The van der Waals surface area contributed by atoms with Gasteiger partial charge in [0, 0.05) is 30.6 Å². The molecule has 0 aliphatic heterocycles. The number of hydrogen-bond donors (Lipinski definition) is 4. The van der Waals surface area contributed by atoms with Crippen LogP contribution in [0.2, 0.25) is 0 Å².